The number of hydrogen-bond acceptors (Lipinski definition) is 3. The van der Waals surface area contributed by atoms with Crippen LogP contribution in [0.25, 0.3) is 16.6 Å². The number of anilines is 1. The smallest absolute Gasteiger partial charge is 0.354 e. The third-order valence-corrected chi connectivity index (χ3v) is 5.36. The number of para-hydroxylation sites is 1. The molecule has 1 saturated carbocycles. The molecule has 1 aliphatic heterocycles. The van der Waals surface area contributed by atoms with E-state index in [0.717, 1.165) is 47.3 Å². The van der Waals surface area contributed by atoms with Crippen molar-refractivity contribution in [2.24, 2.45) is 11.8 Å². The first kappa shape index (κ1) is 14.1. The predicted octanol–water partition coefficient (Wildman–Crippen LogP) is 3.50. The van der Waals surface area contributed by atoms with Gasteiger partial charge in [0.25, 0.3) is 0 Å². The molecule has 120 valence electrons. The van der Waals surface area contributed by atoms with Crippen LogP contribution in [0.4, 0.5) is 5.82 Å². The molecule has 3 aromatic rings. The Labute approximate surface area is 144 Å². The third-order valence-electron chi connectivity index (χ3n) is 5.13. The van der Waals surface area contributed by atoms with E-state index in [1.54, 1.807) is 4.57 Å². The van der Waals surface area contributed by atoms with Crippen molar-refractivity contribution in [1.29, 1.82) is 0 Å². The number of halogens is 1. The van der Waals surface area contributed by atoms with Gasteiger partial charge in [-0.05, 0) is 48.6 Å². The Balaban J connectivity index is 1.77. The molecule has 5 heteroatoms. The summed E-state index contributed by atoms with van der Waals surface area (Å²) in [5, 5.41) is 1.59. The van der Waals surface area contributed by atoms with Gasteiger partial charge in [0.15, 0.2) is 0 Å². The zero-order valence-corrected chi connectivity index (χ0v) is 13.8. The van der Waals surface area contributed by atoms with Crippen LogP contribution in [0.2, 0.25) is 5.02 Å². The monoisotopic (exact) mass is 337 g/mol. The summed E-state index contributed by atoms with van der Waals surface area (Å²) in [6.07, 6.45) is 1.32. The van der Waals surface area contributed by atoms with Crippen LogP contribution in [0.15, 0.2) is 53.3 Å². The molecular formula is C19H16ClN3O. The summed E-state index contributed by atoms with van der Waals surface area (Å²) in [7, 11) is 0. The van der Waals surface area contributed by atoms with E-state index in [0.29, 0.717) is 5.02 Å². The van der Waals surface area contributed by atoms with E-state index in [9.17, 15) is 4.79 Å². The lowest BCUT2D eigenvalue weighted by Crippen LogP contribution is -2.29. The molecule has 2 heterocycles. The number of rotatable bonds is 2. The maximum atomic E-state index is 12.8. The van der Waals surface area contributed by atoms with Crippen LogP contribution >= 0.6 is 11.6 Å². The van der Waals surface area contributed by atoms with Crippen molar-refractivity contribution in [1.82, 2.24) is 9.55 Å². The molecule has 1 saturated heterocycles. The number of nitrogens with zero attached hydrogens (tertiary/aromatic N) is 3. The average Bonchev–Trinajstić information content (AvgIpc) is 3.20. The first-order valence-electron chi connectivity index (χ1n) is 8.23. The minimum absolute atomic E-state index is 0.258. The molecule has 2 atom stereocenters. The van der Waals surface area contributed by atoms with Crippen molar-refractivity contribution in [2.75, 3.05) is 18.0 Å². The highest BCUT2D eigenvalue weighted by atomic mass is 35.5. The molecule has 2 fully saturated rings. The van der Waals surface area contributed by atoms with Gasteiger partial charge >= 0.3 is 5.69 Å². The van der Waals surface area contributed by atoms with Crippen molar-refractivity contribution < 1.29 is 0 Å². The molecule has 2 aliphatic rings. The molecule has 0 bridgehead atoms. The van der Waals surface area contributed by atoms with Crippen LogP contribution in [-0.2, 0) is 0 Å². The predicted molar refractivity (Wildman–Crippen MR) is 96.2 cm³/mol. The average molecular weight is 338 g/mol. The summed E-state index contributed by atoms with van der Waals surface area (Å²) in [6.45, 7) is 2.01. The van der Waals surface area contributed by atoms with E-state index in [1.165, 1.54) is 6.42 Å². The Morgan fingerprint density at radius 2 is 1.79 bits per heavy atom. The van der Waals surface area contributed by atoms with E-state index in [-0.39, 0.29) is 5.69 Å². The zero-order valence-electron chi connectivity index (χ0n) is 13.0. The van der Waals surface area contributed by atoms with Gasteiger partial charge in [0.1, 0.15) is 5.82 Å². The molecule has 0 amide bonds. The Hall–Kier alpha value is -2.33. The first-order valence-corrected chi connectivity index (χ1v) is 8.61. The van der Waals surface area contributed by atoms with Gasteiger partial charge in [-0.25, -0.2) is 4.79 Å². The highest BCUT2D eigenvalue weighted by Gasteiger charge is 2.45. The highest BCUT2D eigenvalue weighted by Crippen LogP contribution is 2.46. The number of benzene rings is 2. The Bertz CT molecular complexity index is 989. The second-order valence-corrected chi connectivity index (χ2v) is 7.15. The Morgan fingerprint density at radius 1 is 1.04 bits per heavy atom. The van der Waals surface area contributed by atoms with Crippen molar-refractivity contribution in [3.8, 4) is 5.69 Å². The first-order chi connectivity index (χ1) is 11.7. The van der Waals surface area contributed by atoms with E-state index in [4.69, 9.17) is 11.6 Å². The summed E-state index contributed by atoms with van der Waals surface area (Å²) >= 11 is 6.22. The van der Waals surface area contributed by atoms with Crippen molar-refractivity contribution in [2.45, 2.75) is 6.42 Å². The van der Waals surface area contributed by atoms with Crippen LogP contribution in [0, 0.1) is 11.8 Å². The van der Waals surface area contributed by atoms with Crippen molar-refractivity contribution in [3.05, 3.63) is 64.0 Å². The highest BCUT2D eigenvalue weighted by molar-refractivity contribution is 6.31. The molecule has 2 aromatic carbocycles. The molecule has 4 nitrogen and oxygen atoms in total. The number of hydrogen-bond donors (Lipinski definition) is 0. The lowest BCUT2D eigenvalue weighted by atomic mass is 10.2. The fourth-order valence-corrected chi connectivity index (χ4v) is 3.99. The SMILES string of the molecule is O=c1nc(N2CC3CC3C2)c2ccc(Cl)cc2n1-c1ccccc1. The largest absolute Gasteiger partial charge is 0.355 e. The molecule has 1 aromatic heterocycles. The van der Waals surface area contributed by atoms with Gasteiger partial charge < -0.3 is 4.90 Å². The topological polar surface area (TPSA) is 38.1 Å². The molecule has 24 heavy (non-hydrogen) atoms. The van der Waals surface area contributed by atoms with E-state index in [2.05, 4.69) is 9.88 Å². The molecular weight excluding hydrogens is 322 g/mol. The van der Waals surface area contributed by atoms with Crippen molar-refractivity contribution >= 4 is 28.3 Å². The summed E-state index contributed by atoms with van der Waals surface area (Å²) in [6, 6.07) is 15.3. The fraction of sp³-hybridized carbons (Fsp3) is 0.263. The van der Waals surface area contributed by atoms with Crippen LogP contribution in [-0.4, -0.2) is 22.6 Å². The molecule has 0 spiro atoms. The van der Waals surface area contributed by atoms with E-state index in [1.807, 2.05) is 48.5 Å². The second-order valence-electron chi connectivity index (χ2n) is 6.71. The van der Waals surface area contributed by atoms with Crippen LogP contribution < -0.4 is 10.6 Å². The number of fused-ring (bicyclic) bond motifs is 2. The van der Waals surface area contributed by atoms with Gasteiger partial charge in [-0.1, -0.05) is 29.8 Å². The Morgan fingerprint density at radius 3 is 2.54 bits per heavy atom. The molecule has 2 unspecified atom stereocenters. The number of piperidine rings is 1. The molecule has 0 radical (unpaired) electrons. The van der Waals surface area contributed by atoms with Gasteiger partial charge in [-0.15, -0.1) is 0 Å². The summed E-state index contributed by atoms with van der Waals surface area (Å²) < 4.78 is 1.64. The van der Waals surface area contributed by atoms with Gasteiger partial charge in [-0.3, -0.25) is 4.57 Å². The van der Waals surface area contributed by atoms with E-state index < -0.39 is 0 Å². The van der Waals surface area contributed by atoms with Crippen LogP contribution in [0.5, 0.6) is 0 Å². The Kier molecular flexibility index (Phi) is 2.98. The van der Waals surface area contributed by atoms with Crippen LogP contribution in [0.1, 0.15) is 6.42 Å². The van der Waals surface area contributed by atoms with Gasteiger partial charge in [-0.2, -0.15) is 4.98 Å². The lowest BCUT2D eigenvalue weighted by Gasteiger charge is -2.22. The molecule has 1 aliphatic carbocycles. The maximum absolute atomic E-state index is 12.8. The summed E-state index contributed by atoms with van der Waals surface area (Å²) in [5.74, 6) is 2.36. The van der Waals surface area contributed by atoms with Gasteiger partial charge in [0, 0.05) is 23.5 Å². The lowest BCUT2D eigenvalue weighted by molar-refractivity contribution is 0.798. The quantitative estimate of drug-likeness (QED) is 0.718. The third kappa shape index (κ3) is 2.13. The number of aromatic nitrogens is 2. The standard InChI is InChI=1S/C19H16ClN3O/c20-14-6-7-16-17(9-14)23(15-4-2-1-3-5-15)19(24)21-18(16)22-10-12-8-13(12)11-22/h1-7,9,12-13H,8,10-11H2. The van der Waals surface area contributed by atoms with Crippen LogP contribution in [0.3, 0.4) is 0 Å². The second kappa shape index (κ2) is 5.08. The molecule has 5 rings (SSSR count). The maximum Gasteiger partial charge on any atom is 0.354 e. The van der Waals surface area contributed by atoms with Crippen molar-refractivity contribution in [3.63, 3.8) is 0 Å². The minimum atomic E-state index is -0.258. The minimum Gasteiger partial charge on any atom is -0.355 e. The summed E-state index contributed by atoms with van der Waals surface area (Å²) in [5.41, 5.74) is 1.36. The molecule has 0 N–H and O–H groups in total. The zero-order chi connectivity index (χ0) is 16.3. The van der Waals surface area contributed by atoms with E-state index >= 15 is 0 Å². The normalized spacial score (nSPS) is 22.0. The van der Waals surface area contributed by atoms with Gasteiger partial charge in [0.05, 0.1) is 11.2 Å². The fourth-order valence-electron chi connectivity index (χ4n) is 3.82. The van der Waals surface area contributed by atoms with Gasteiger partial charge in [0.2, 0.25) is 0 Å². The summed E-state index contributed by atoms with van der Waals surface area (Å²) in [4.78, 5) is 19.5.